The SMILES string of the molecule is Cn1cc(-c2cc3c(N)ccnc3[nH]2)cn1. The summed E-state index contributed by atoms with van der Waals surface area (Å²) in [5, 5.41) is 5.08. The van der Waals surface area contributed by atoms with Crippen molar-refractivity contribution in [1.29, 1.82) is 0 Å². The van der Waals surface area contributed by atoms with Gasteiger partial charge in [-0.15, -0.1) is 0 Å². The number of nitrogens with zero attached hydrogens (tertiary/aromatic N) is 3. The van der Waals surface area contributed by atoms with E-state index in [1.165, 1.54) is 0 Å². The first-order valence-electron chi connectivity index (χ1n) is 4.96. The van der Waals surface area contributed by atoms with Crippen molar-refractivity contribution < 1.29 is 0 Å². The summed E-state index contributed by atoms with van der Waals surface area (Å²) in [5.74, 6) is 0. The molecule has 0 radical (unpaired) electrons. The summed E-state index contributed by atoms with van der Waals surface area (Å²) in [6, 6.07) is 3.79. The van der Waals surface area contributed by atoms with Gasteiger partial charge in [0.25, 0.3) is 0 Å². The Balaban J connectivity index is 2.22. The third kappa shape index (κ3) is 1.25. The zero-order valence-corrected chi connectivity index (χ0v) is 8.81. The molecular formula is C11H11N5. The number of anilines is 1. The number of pyridine rings is 1. The van der Waals surface area contributed by atoms with E-state index in [1.54, 1.807) is 23.1 Å². The Morgan fingerprint density at radius 1 is 1.44 bits per heavy atom. The van der Waals surface area contributed by atoms with E-state index in [0.29, 0.717) is 0 Å². The van der Waals surface area contributed by atoms with E-state index in [-0.39, 0.29) is 0 Å². The van der Waals surface area contributed by atoms with E-state index in [9.17, 15) is 0 Å². The van der Waals surface area contributed by atoms with E-state index in [0.717, 1.165) is 28.0 Å². The summed E-state index contributed by atoms with van der Waals surface area (Å²) in [6.07, 6.45) is 5.45. The number of fused-ring (bicyclic) bond motifs is 1. The van der Waals surface area contributed by atoms with Gasteiger partial charge in [-0.25, -0.2) is 4.98 Å². The third-order valence-electron chi connectivity index (χ3n) is 2.58. The largest absolute Gasteiger partial charge is 0.398 e. The van der Waals surface area contributed by atoms with Crippen molar-refractivity contribution in [3.05, 3.63) is 30.7 Å². The van der Waals surface area contributed by atoms with Crippen LogP contribution in [0.15, 0.2) is 30.7 Å². The molecule has 0 spiro atoms. The van der Waals surface area contributed by atoms with Crippen LogP contribution in [0.4, 0.5) is 5.69 Å². The van der Waals surface area contributed by atoms with Gasteiger partial charge in [-0.05, 0) is 12.1 Å². The molecule has 5 heteroatoms. The Morgan fingerprint density at radius 2 is 2.31 bits per heavy atom. The molecule has 3 aromatic heterocycles. The number of rotatable bonds is 1. The molecule has 16 heavy (non-hydrogen) atoms. The zero-order valence-electron chi connectivity index (χ0n) is 8.81. The fourth-order valence-corrected chi connectivity index (χ4v) is 1.76. The number of aromatic nitrogens is 4. The molecule has 3 aromatic rings. The van der Waals surface area contributed by atoms with E-state index >= 15 is 0 Å². The van der Waals surface area contributed by atoms with Crippen LogP contribution in [0.3, 0.4) is 0 Å². The molecule has 80 valence electrons. The predicted octanol–water partition coefficient (Wildman–Crippen LogP) is 1.55. The van der Waals surface area contributed by atoms with Crippen molar-refractivity contribution in [3.8, 4) is 11.3 Å². The normalized spacial score (nSPS) is 11.1. The fourth-order valence-electron chi connectivity index (χ4n) is 1.76. The van der Waals surface area contributed by atoms with Crippen LogP contribution < -0.4 is 5.73 Å². The number of aryl methyl sites for hydroxylation is 1. The van der Waals surface area contributed by atoms with Crippen molar-refractivity contribution in [1.82, 2.24) is 19.7 Å². The minimum Gasteiger partial charge on any atom is -0.398 e. The van der Waals surface area contributed by atoms with E-state index < -0.39 is 0 Å². The Morgan fingerprint density at radius 3 is 3.00 bits per heavy atom. The van der Waals surface area contributed by atoms with Gasteiger partial charge in [0.05, 0.1) is 11.9 Å². The number of aromatic amines is 1. The minimum atomic E-state index is 0.733. The highest BCUT2D eigenvalue weighted by Crippen LogP contribution is 2.25. The molecule has 3 heterocycles. The molecule has 0 saturated heterocycles. The molecule has 0 aromatic carbocycles. The first kappa shape index (κ1) is 8.96. The summed E-state index contributed by atoms with van der Waals surface area (Å²) in [7, 11) is 1.89. The second-order valence-corrected chi connectivity index (χ2v) is 3.75. The quantitative estimate of drug-likeness (QED) is 0.644. The number of H-pyrrole nitrogens is 1. The van der Waals surface area contributed by atoms with Crippen molar-refractivity contribution in [2.24, 2.45) is 7.05 Å². The summed E-state index contributed by atoms with van der Waals surface area (Å²) in [4.78, 5) is 7.45. The minimum absolute atomic E-state index is 0.733. The lowest BCUT2D eigenvalue weighted by Crippen LogP contribution is -1.85. The van der Waals surface area contributed by atoms with E-state index in [1.807, 2.05) is 19.3 Å². The average molecular weight is 213 g/mol. The van der Waals surface area contributed by atoms with Crippen LogP contribution in [0.5, 0.6) is 0 Å². The summed E-state index contributed by atoms with van der Waals surface area (Å²) >= 11 is 0. The third-order valence-corrected chi connectivity index (χ3v) is 2.58. The van der Waals surface area contributed by atoms with Crippen LogP contribution in [0.25, 0.3) is 22.3 Å². The second kappa shape index (κ2) is 3.10. The van der Waals surface area contributed by atoms with Crippen molar-refractivity contribution in [3.63, 3.8) is 0 Å². The summed E-state index contributed by atoms with van der Waals surface area (Å²) in [5.41, 5.74) is 9.42. The van der Waals surface area contributed by atoms with Gasteiger partial charge in [0.2, 0.25) is 0 Å². The van der Waals surface area contributed by atoms with Crippen LogP contribution in [-0.2, 0) is 7.05 Å². The van der Waals surface area contributed by atoms with Gasteiger partial charge in [-0.1, -0.05) is 0 Å². The maximum absolute atomic E-state index is 5.87. The topological polar surface area (TPSA) is 72.5 Å². The highest BCUT2D eigenvalue weighted by Gasteiger charge is 2.07. The van der Waals surface area contributed by atoms with Crippen LogP contribution in [-0.4, -0.2) is 19.7 Å². The highest BCUT2D eigenvalue weighted by molar-refractivity contribution is 5.92. The molecule has 0 aliphatic rings. The lowest BCUT2D eigenvalue weighted by atomic mass is 10.2. The van der Waals surface area contributed by atoms with Gasteiger partial charge in [-0.2, -0.15) is 5.10 Å². The van der Waals surface area contributed by atoms with Crippen molar-refractivity contribution in [2.45, 2.75) is 0 Å². The number of nitrogen functional groups attached to an aromatic ring is 1. The Kier molecular flexibility index (Phi) is 1.73. The maximum atomic E-state index is 5.87. The molecule has 3 N–H and O–H groups in total. The smallest absolute Gasteiger partial charge is 0.139 e. The molecular weight excluding hydrogens is 202 g/mol. The average Bonchev–Trinajstić information content (AvgIpc) is 2.84. The number of hydrogen-bond acceptors (Lipinski definition) is 3. The van der Waals surface area contributed by atoms with Crippen LogP contribution in [0, 0.1) is 0 Å². The molecule has 0 aliphatic carbocycles. The van der Waals surface area contributed by atoms with Crippen LogP contribution in [0.2, 0.25) is 0 Å². The first-order chi connectivity index (χ1) is 7.74. The zero-order chi connectivity index (χ0) is 11.1. The molecule has 0 bridgehead atoms. The van der Waals surface area contributed by atoms with E-state index in [2.05, 4.69) is 15.1 Å². The fraction of sp³-hybridized carbons (Fsp3) is 0.0909. The molecule has 5 nitrogen and oxygen atoms in total. The van der Waals surface area contributed by atoms with Crippen LogP contribution in [0.1, 0.15) is 0 Å². The van der Waals surface area contributed by atoms with Crippen molar-refractivity contribution in [2.75, 3.05) is 5.73 Å². The Hall–Kier alpha value is -2.30. The van der Waals surface area contributed by atoms with Gasteiger partial charge < -0.3 is 10.7 Å². The van der Waals surface area contributed by atoms with Gasteiger partial charge in [-0.3, -0.25) is 4.68 Å². The molecule has 0 fully saturated rings. The molecule has 0 unspecified atom stereocenters. The van der Waals surface area contributed by atoms with E-state index in [4.69, 9.17) is 5.73 Å². The molecule has 0 atom stereocenters. The highest BCUT2D eigenvalue weighted by atomic mass is 15.2. The number of nitrogens with two attached hydrogens (primary N) is 1. The summed E-state index contributed by atoms with van der Waals surface area (Å²) in [6.45, 7) is 0. The van der Waals surface area contributed by atoms with Crippen molar-refractivity contribution >= 4 is 16.7 Å². The molecule has 3 rings (SSSR count). The predicted molar refractivity (Wildman–Crippen MR) is 62.7 cm³/mol. The number of hydrogen-bond donors (Lipinski definition) is 2. The summed E-state index contributed by atoms with van der Waals surface area (Å²) < 4.78 is 1.76. The van der Waals surface area contributed by atoms with Gasteiger partial charge in [0, 0.05) is 36.1 Å². The Labute approximate surface area is 91.9 Å². The molecule has 0 aliphatic heterocycles. The maximum Gasteiger partial charge on any atom is 0.139 e. The lowest BCUT2D eigenvalue weighted by Gasteiger charge is -1.91. The number of nitrogens with one attached hydrogen (secondary N) is 1. The first-order valence-corrected chi connectivity index (χ1v) is 4.96. The van der Waals surface area contributed by atoms with Gasteiger partial charge >= 0.3 is 0 Å². The van der Waals surface area contributed by atoms with Crippen LogP contribution >= 0.6 is 0 Å². The second-order valence-electron chi connectivity index (χ2n) is 3.75. The standard InChI is InChI=1S/C11H11N5/c1-16-6-7(5-14-16)10-4-8-9(12)2-3-13-11(8)15-10/h2-6H,1H3,(H3,12,13,15). The van der Waals surface area contributed by atoms with Gasteiger partial charge in [0.1, 0.15) is 5.65 Å². The lowest BCUT2D eigenvalue weighted by molar-refractivity contribution is 0.768. The Bertz CT molecular complexity index is 649. The molecule has 0 amide bonds. The molecule has 0 saturated carbocycles. The monoisotopic (exact) mass is 213 g/mol. The van der Waals surface area contributed by atoms with Gasteiger partial charge in [0.15, 0.2) is 0 Å².